The van der Waals surface area contributed by atoms with Gasteiger partial charge in [-0.2, -0.15) is 8.42 Å². The highest BCUT2D eigenvalue weighted by Gasteiger charge is 2.38. The van der Waals surface area contributed by atoms with Crippen molar-refractivity contribution in [2.75, 3.05) is 30.5 Å². The molecule has 8 nitrogen and oxygen atoms in total. The summed E-state index contributed by atoms with van der Waals surface area (Å²) in [6.07, 6.45) is 2.15. The third kappa shape index (κ3) is 5.03. The monoisotopic (exact) mass is 499 g/mol. The van der Waals surface area contributed by atoms with Crippen LogP contribution in [0, 0.1) is 11.7 Å². The molecule has 0 radical (unpaired) electrons. The number of anilines is 1. The average molecular weight is 500 g/mol. The number of benzene rings is 3. The maximum atomic E-state index is 16.0. The molecule has 3 aromatic carbocycles. The second-order valence-electron chi connectivity index (χ2n) is 8.75. The normalized spacial score (nSPS) is 19.5. The Morgan fingerprint density at radius 1 is 1.09 bits per heavy atom. The van der Waals surface area contributed by atoms with E-state index in [-0.39, 0.29) is 23.4 Å². The molecule has 0 aromatic heterocycles. The SMILES string of the molecule is O=C1CN(c2c(OCc3ccccc3)cc3ccc(OC[C@@H]4CCCNC4)cc3c2F)S(=O)(=O)N1. The van der Waals surface area contributed by atoms with E-state index in [1.165, 1.54) is 0 Å². The quantitative estimate of drug-likeness (QED) is 0.519. The number of rotatable bonds is 7. The molecule has 0 aliphatic carbocycles. The van der Waals surface area contributed by atoms with Crippen LogP contribution in [0.5, 0.6) is 11.5 Å². The molecule has 0 spiro atoms. The number of amides is 1. The lowest BCUT2D eigenvalue weighted by Gasteiger charge is -2.23. The average Bonchev–Trinajstić information content (AvgIpc) is 3.14. The van der Waals surface area contributed by atoms with E-state index >= 15 is 4.39 Å². The molecule has 0 saturated carbocycles. The highest BCUT2D eigenvalue weighted by atomic mass is 32.2. The zero-order valence-corrected chi connectivity index (χ0v) is 19.8. The van der Waals surface area contributed by atoms with Gasteiger partial charge in [0.2, 0.25) is 0 Å². The molecule has 2 aliphatic heterocycles. The van der Waals surface area contributed by atoms with E-state index in [4.69, 9.17) is 9.47 Å². The van der Waals surface area contributed by atoms with Crippen molar-refractivity contribution in [3.05, 3.63) is 66.0 Å². The Morgan fingerprint density at radius 2 is 1.91 bits per heavy atom. The third-order valence-electron chi connectivity index (χ3n) is 6.18. The summed E-state index contributed by atoms with van der Waals surface area (Å²) in [6.45, 7) is 1.96. The minimum absolute atomic E-state index is 0.0286. The molecule has 0 unspecified atom stereocenters. The Bertz CT molecular complexity index is 1340. The summed E-state index contributed by atoms with van der Waals surface area (Å²) in [5, 5.41) is 4.05. The van der Waals surface area contributed by atoms with Gasteiger partial charge < -0.3 is 14.8 Å². The highest BCUT2D eigenvalue weighted by molar-refractivity contribution is 7.92. The van der Waals surface area contributed by atoms with Crippen LogP contribution < -0.4 is 23.8 Å². The minimum Gasteiger partial charge on any atom is -0.493 e. The second-order valence-corrected chi connectivity index (χ2v) is 10.3. The summed E-state index contributed by atoms with van der Waals surface area (Å²) in [5.74, 6) is -0.641. The fourth-order valence-corrected chi connectivity index (χ4v) is 5.55. The lowest BCUT2D eigenvalue weighted by molar-refractivity contribution is -0.117. The molecule has 2 aliphatic rings. The van der Waals surface area contributed by atoms with Gasteiger partial charge in [0.1, 0.15) is 30.3 Å². The van der Waals surface area contributed by atoms with Crippen molar-refractivity contribution < 1.29 is 27.1 Å². The summed E-state index contributed by atoms with van der Waals surface area (Å²) in [6, 6.07) is 15.9. The molecule has 1 amide bonds. The van der Waals surface area contributed by atoms with E-state index in [0.717, 1.165) is 31.5 Å². The number of carbonyl (C=O) groups excluding carboxylic acids is 1. The fourth-order valence-electron chi connectivity index (χ4n) is 4.39. The number of carbonyl (C=O) groups is 1. The number of fused-ring (bicyclic) bond motifs is 1. The first-order valence-electron chi connectivity index (χ1n) is 11.5. The van der Waals surface area contributed by atoms with E-state index < -0.39 is 28.5 Å². The van der Waals surface area contributed by atoms with Gasteiger partial charge in [0.15, 0.2) is 5.82 Å². The number of halogens is 1. The maximum absolute atomic E-state index is 16.0. The molecule has 10 heteroatoms. The Morgan fingerprint density at radius 3 is 2.63 bits per heavy atom. The summed E-state index contributed by atoms with van der Waals surface area (Å²) in [5.41, 5.74) is 0.527. The van der Waals surface area contributed by atoms with Crippen molar-refractivity contribution in [3.8, 4) is 11.5 Å². The number of hydrogen-bond acceptors (Lipinski definition) is 6. The third-order valence-corrected chi connectivity index (χ3v) is 7.56. The predicted octanol–water partition coefficient (Wildman–Crippen LogP) is 3.12. The number of hydrogen-bond donors (Lipinski definition) is 2. The largest absolute Gasteiger partial charge is 0.493 e. The first-order chi connectivity index (χ1) is 16.9. The summed E-state index contributed by atoms with van der Waals surface area (Å²) >= 11 is 0. The van der Waals surface area contributed by atoms with Crippen LogP contribution in [0.4, 0.5) is 10.1 Å². The van der Waals surface area contributed by atoms with Crippen LogP contribution >= 0.6 is 0 Å². The summed E-state index contributed by atoms with van der Waals surface area (Å²) in [4.78, 5) is 11.9. The lowest BCUT2D eigenvalue weighted by Crippen LogP contribution is -2.33. The van der Waals surface area contributed by atoms with Crippen LogP contribution in [-0.4, -0.2) is 40.6 Å². The van der Waals surface area contributed by atoms with Crippen molar-refractivity contribution in [1.82, 2.24) is 10.0 Å². The van der Waals surface area contributed by atoms with Crippen molar-refractivity contribution in [2.24, 2.45) is 5.92 Å². The molecule has 1 atom stereocenters. The molecule has 2 fully saturated rings. The van der Waals surface area contributed by atoms with E-state index in [1.54, 1.807) is 24.3 Å². The number of ether oxygens (including phenoxy) is 2. The van der Waals surface area contributed by atoms with Gasteiger partial charge in [-0.1, -0.05) is 36.4 Å². The fraction of sp³-hybridized carbons (Fsp3) is 0.320. The van der Waals surface area contributed by atoms with Gasteiger partial charge in [-0.3, -0.25) is 4.79 Å². The molecule has 5 rings (SSSR count). The van der Waals surface area contributed by atoms with Crippen molar-refractivity contribution in [3.63, 3.8) is 0 Å². The van der Waals surface area contributed by atoms with Gasteiger partial charge in [0.25, 0.3) is 5.91 Å². The number of piperidine rings is 1. The smallest absolute Gasteiger partial charge is 0.326 e. The molecule has 35 heavy (non-hydrogen) atoms. The highest BCUT2D eigenvalue weighted by Crippen LogP contribution is 2.40. The van der Waals surface area contributed by atoms with Gasteiger partial charge in [0.05, 0.1) is 6.61 Å². The van der Waals surface area contributed by atoms with Gasteiger partial charge >= 0.3 is 10.2 Å². The minimum atomic E-state index is -4.25. The standard InChI is InChI=1S/C25H26FN3O5S/c26-24-21-12-20(33-16-18-7-4-10-27-13-18)9-8-19(21)11-22(34-15-17-5-2-1-3-6-17)25(24)29-14-23(30)28-35(29,31)32/h1-3,5-6,8-9,11-12,18,27H,4,7,10,13-16H2,(H,28,30)/t18-/m1/s1. The van der Waals surface area contributed by atoms with Crippen molar-refractivity contribution in [1.29, 1.82) is 0 Å². The molecular formula is C25H26FN3O5S. The van der Waals surface area contributed by atoms with E-state index in [0.29, 0.717) is 28.0 Å². The molecule has 3 aromatic rings. The lowest BCUT2D eigenvalue weighted by atomic mass is 10.0. The predicted molar refractivity (Wildman–Crippen MR) is 130 cm³/mol. The Kier molecular flexibility index (Phi) is 6.48. The van der Waals surface area contributed by atoms with E-state index in [2.05, 4.69) is 5.32 Å². The summed E-state index contributed by atoms with van der Waals surface area (Å²) < 4.78 is 55.5. The maximum Gasteiger partial charge on any atom is 0.326 e. The van der Waals surface area contributed by atoms with Gasteiger partial charge in [-0.15, -0.1) is 0 Å². The van der Waals surface area contributed by atoms with Crippen LogP contribution in [-0.2, 0) is 21.6 Å². The van der Waals surface area contributed by atoms with E-state index in [9.17, 15) is 13.2 Å². The van der Waals surface area contributed by atoms with Crippen LogP contribution in [0.3, 0.4) is 0 Å². The van der Waals surface area contributed by atoms with Crippen LogP contribution in [0.1, 0.15) is 18.4 Å². The topological polar surface area (TPSA) is 97.0 Å². The zero-order valence-electron chi connectivity index (χ0n) is 19.0. The molecule has 2 heterocycles. The Labute approximate surface area is 203 Å². The molecule has 2 N–H and O–H groups in total. The number of nitrogens with one attached hydrogen (secondary N) is 2. The van der Waals surface area contributed by atoms with Crippen molar-refractivity contribution >= 4 is 32.6 Å². The first-order valence-corrected chi connectivity index (χ1v) is 12.9. The van der Waals surface area contributed by atoms with Crippen LogP contribution in [0.2, 0.25) is 0 Å². The second kappa shape index (κ2) is 9.71. The Hall–Kier alpha value is -3.37. The van der Waals surface area contributed by atoms with Crippen molar-refractivity contribution in [2.45, 2.75) is 19.4 Å². The molecule has 184 valence electrons. The van der Waals surface area contributed by atoms with E-state index in [1.807, 2.05) is 35.1 Å². The van der Waals surface area contributed by atoms with Gasteiger partial charge in [0, 0.05) is 17.8 Å². The molecule has 0 bridgehead atoms. The Balaban J connectivity index is 1.51. The molecule has 2 saturated heterocycles. The van der Waals surface area contributed by atoms with Gasteiger partial charge in [-0.05, 0) is 48.5 Å². The summed E-state index contributed by atoms with van der Waals surface area (Å²) in [7, 11) is -4.25. The zero-order chi connectivity index (χ0) is 24.4. The number of nitrogens with zero attached hydrogens (tertiary/aromatic N) is 1. The first kappa shape index (κ1) is 23.4. The van der Waals surface area contributed by atoms with Crippen LogP contribution in [0.15, 0.2) is 54.6 Å². The van der Waals surface area contributed by atoms with Gasteiger partial charge in [-0.25, -0.2) is 13.4 Å². The van der Waals surface area contributed by atoms with Crippen LogP contribution in [0.25, 0.3) is 10.8 Å². The molecular weight excluding hydrogens is 473 g/mol.